The maximum absolute atomic E-state index is 13.5. The Morgan fingerprint density at radius 1 is 1.03 bits per heavy atom. The Morgan fingerprint density at radius 3 is 2.32 bits per heavy atom. The first kappa shape index (κ1) is 23.6. The minimum absolute atomic E-state index is 0.191. The van der Waals surface area contributed by atoms with Crippen molar-refractivity contribution in [3.05, 3.63) is 65.5 Å². The Morgan fingerprint density at radius 2 is 1.76 bits per heavy atom. The number of halogens is 1. The second-order valence-corrected chi connectivity index (χ2v) is 8.74. The SMILES string of the molecule is C1CCOC1.N#Cc1c(SCc2cccnn2)nc(N2CC(F)C2)c(C#N)c1-c1ccccc1. The minimum atomic E-state index is -0.935. The van der Waals surface area contributed by atoms with E-state index in [0.29, 0.717) is 33.3 Å². The molecule has 0 saturated carbocycles. The number of hydrogen-bond donors (Lipinski definition) is 0. The van der Waals surface area contributed by atoms with Crippen molar-refractivity contribution in [1.82, 2.24) is 15.2 Å². The molecule has 0 atom stereocenters. The lowest BCUT2D eigenvalue weighted by atomic mass is 9.96. The van der Waals surface area contributed by atoms with Crippen LogP contribution < -0.4 is 4.90 Å². The van der Waals surface area contributed by atoms with E-state index in [9.17, 15) is 14.9 Å². The Labute approximate surface area is 202 Å². The number of nitrogens with zero attached hydrogens (tertiary/aromatic N) is 6. The van der Waals surface area contributed by atoms with Crippen LogP contribution >= 0.6 is 11.8 Å². The zero-order chi connectivity index (χ0) is 23.8. The molecule has 2 saturated heterocycles. The van der Waals surface area contributed by atoms with Gasteiger partial charge in [0.15, 0.2) is 0 Å². The topological polar surface area (TPSA) is 98.7 Å². The average Bonchev–Trinajstić information content (AvgIpc) is 3.46. The first-order valence-corrected chi connectivity index (χ1v) is 12.0. The lowest BCUT2D eigenvalue weighted by Gasteiger charge is -2.36. The Hall–Kier alpha value is -3.53. The predicted octanol–water partition coefficient (Wildman–Crippen LogP) is 4.53. The summed E-state index contributed by atoms with van der Waals surface area (Å²) in [6.07, 6.45) is 3.22. The van der Waals surface area contributed by atoms with Crippen LogP contribution in [0.5, 0.6) is 0 Å². The molecule has 0 N–H and O–H groups in total. The van der Waals surface area contributed by atoms with Crippen LogP contribution in [-0.2, 0) is 10.5 Å². The van der Waals surface area contributed by atoms with Crippen LogP contribution in [0, 0.1) is 22.7 Å². The van der Waals surface area contributed by atoms with Crippen molar-refractivity contribution in [2.75, 3.05) is 31.2 Å². The summed E-state index contributed by atoms with van der Waals surface area (Å²) in [5.74, 6) is 0.891. The fourth-order valence-electron chi connectivity index (χ4n) is 3.65. The lowest BCUT2D eigenvalue weighted by molar-refractivity contribution is 0.198. The lowest BCUT2D eigenvalue weighted by Crippen LogP contribution is -2.49. The van der Waals surface area contributed by atoms with Gasteiger partial charge in [0.05, 0.1) is 24.3 Å². The Bertz CT molecular complexity index is 1180. The van der Waals surface area contributed by atoms with E-state index in [0.717, 1.165) is 24.5 Å². The Kier molecular flexibility index (Phi) is 8.03. The van der Waals surface area contributed by atoms with E-state index < -0.39 is 6.17 Å². The number of pyridine rings is 1. The molecule has 0 unspecified atom stereocenters. The van der Waals surface area contributed by atoms with Crippen molar-refractivity contribution in [2.24, 2.45) is 0 Å². The van der Waals surface area contributed by atoms with E-state index in [1.54, 1.807) is 17.2 Å². The predicted molar refractivity (Wildman–Crippen MR) is 128 cm³/mol. The van der Waals surface area contributed by atoms with Crippen LogP contribution in [0.4, 0.5) is 10.2 Å². The van der Waals surface area contributed by atoms with Crippen LogP contribution in [0.2, 0.25) is 0 Å². The normalized spacial score (nSPS) is 15.0. The van der Waals surface area contributed by atoms with Crippen molar-refractivity contribution >= 4 is 17.6 Å². The van der Waals surface area contributed by atoms with Gasteiger partial charge in [-0.15, -0.1) is 0 Å². The molecule has 2 fully saturated rings. The van der Waals surface area contributed by atoms with E-state index >= 15 is 0 Å². The molecular weight excluding hydrogens is 451 g/mol. The van der Waals surface area contributed by atoms with Crippen LogP contribution in [-0.4, -0.2) is 47.7 Å². The standard InChI is InChI=1S/C21H15FN6S.C4H8O/c22-15-11-28(12-15)20-17(9-23)19(14-5-2-1-3-6-14)18(10-24)21(26-20)29-13-16-7-4-8-25-27-16;1-2-4-5-3-1/h1-8,15H,11-13H2;1-4H2. The quantitative estimate of drug-likeness (QED) is 0.498. The molecule has 9 heteroatoms. The second-order valence-electron chi connectivity index (χ2n) is 7.78. The van der Waals surface area contributed by atoms with Gasteiger partial charge in [0.1, 0.15) is 34.7 Å². The second kappa shape index (κ2) is 11.6. The number of alkyl halides is 1. The fourth-order valence-corrected chi connectivity index (χ4v) is 4.53. The van der Waals surface area contributed by atoms with Gasteiger partial charge in [-0.25, -0.2) is 9.37 Å². The summed E-state index contributed by atoms with van der Waals surface area (Å²) < 4.78 is 18.4. The number of ether oxygens (including phenoxy) is 1. The van der Waals surface area contributed by atoms with E-state index in [1.807, 2.05) is 36.4 Å². The summed E-state index contributed by atoms with van der Waals surface area (Å²) >= 11 is 1.35. The molecule has 3 aromatic rings. The molecule has 0 spiro atoms. The molecule has 34 heavy (non-hydrogen) atoms. The molecule has 7 nitrogen and oxygen atoms in total. The highest BCUT2D eigenvalue weighted by Gasteiger charge is 2.32. The zero-order valence-corrected chi connectivity index (χ0v) is 19.3. The monoisotopic (exact) mass is 474 g/mol. The van der Waals surface area contributed by atoms with E-state index in [-0.39, 0.29) is 13.1 Å². The van der Waals surface area contributed by atoms with Crippen molar-refractivity contribution < 1.29 is 9.13 Å². The number of aromatic nitrogens is 3. The van der Waals surface area contributed by atoms with E-state index in [2.05, 4.69) is 27.3 Å². The minimum Gasteiger partial charge on any atom is -0.381 e. The van der Waals surface area contributed by atoms with Crippen molar-refractivity contribution in [3.63, 3.8) is 0 Å². The third kappa shape index (κ3) is 5.51. The largest absolute Gasteiger partial charge is 0.381 e. The van der Waals surface area contributed by atoms with Crippen LogP contribution in [0.1, 0.15) is 29.7 Å². The number of hydrogen-bond acceptors (Lipinski definition) is 8. The van der Waals surface area contributed by atoms with Gasteiger partial charge in [0.2, 0.25) is 0 Å². The van der Waals surface area contributed by atoms with Gasteiger partial charge in [-0.05, 0) is 30.5 Å². The van der Waals surface area contributed by atoms with E-state index in [4.69, 9.17) is 4.74 Å². The molecule has 0 aliphatic carbocycles. The summed E-state index contributed by atoms with van der Waals surface area (Å²) in [4.78, 5) is 6.34. The van der Waals surface area contributed by atoms with Gasteiger partial charge in [-0.2, -0.15) is 20.7 Å². The fraction of sp³-hybridized carbons (Fsp3) is 0.320. The highest BCUT2D eigenvalue weighted by molar-refractivity contribution is 7.98. The summed E-state index contributed by atoms with van der Waals surface area (Å²) in [6.45, 7) is 2.38. The van der Waals surface area contributed by atoms with Crippen LogP contribution in [0.25, 0.3) is 11.1 Å². The van der Waals surface area contributed by atoms with E-state index in [1.165, 1.54) is 24.6 Å². The van der Waals surface area contributed by atoms with Crippen LogP contribution in [0.3, 0.4) is 0 Å². The number of rotatable bonds is 5. The summed E-state index contributed by atoms with van der Waals surface area (Å²) in [7, 11) is 0. The Balaban J connectivity index is 0.000000486. The van der Waals surface area contributed by atoms with Gasteiger partial charge in [0.25, 0.3) is 0 Å². The molecular formula is C25H23FN6OS. The summed E-state index contributed by atoms with van der Waals surface area (Å²) in [6, 6.07) is 17.3. The molecule has 5 rings (SSSR count). The van der Waals surface area contributed by atoms with Crippen molar-refractivity contribution in [1.29, 1.82) is 10.5 Å². The highest BCUT2D eigenvalue weighted by Crippen LogP contribution is 2.39. The number of anilines is 1. The van der Waals surface area contributed by atoms with Gasteiger partial charge in [0, 0.05) is 30.7 Å². The summed E-state index contributed by atoms with van der Waals surface area (Å²) in [5.41, 5.74) is 2.67. The third-order valence-electron chi connectivity index (χ3n) is 5.38. The number of thioether (sulfide) groups is 1. The van der Waals surface area contributed by atoms with Crippen LogP contribution in [0.15, 0.2) is 53.7 Å². The zero-order valence-electron chi connectivity index (χ0n) is 18.5. The number of nitriles is 2. The number of benzene rings is 1. The molecule has 0 amide bonds. The molecule has 4 heterocycles. The molecule has 172 valence electrons. The van der Waals surface area contributed by atoms with Crippen molar-refractivity contribution in [2.45, 2.75) is 29.8 Å². The third-order valence-corrected chi connectivity index (χ3v) is 6.39. The van der Waals surface area contributed by atoms with Crippen molar-refractivity contribution in [3.8, 4) is 23.3 Å². The smallest absolute Gasteiger partial charge is 0.148 e. The first-order valence-electron chi connectivity index (χ1n) is 11.0. The molecule has 0 bridgehead atoms. The molecule has 1 aromatic carbocycles. The van der Waals surface area contributed by atoms with Gasteiger partial charge in [-0.3, -0.25) is 0 Å². The van der Waals surface area contributed by atoms with Gasteiger partial charge >= 0.3 is 0 Å². The molecule has 2 aromatic heterocycles. The summed E-state index contributed by atoms with van der Waals surface area (Å²) in [5, 5.41) is 28.2. The molecule has 2 aliphatic rings. The van der Waals surface area contributed by atoms with Gasteiger partial charge in [-0.1, -0.05) is 42.1 Å². The molecule has 2 aliphatic heterocycles. The average molecular weight is 475 g/mol. The molecule has 0 radical (unpaired) electrons. The maximum atomic E-state index is 13.5. The van der Waals surface area contributed by atoms with Gasteiger partial charge < -0.3 is 9.64 Å². The first-order chi connectivity index (χ1) is 16.7. The maximum Gasteiger partial charge on any atom is 0.148 e. The highest BCUT2D eigenvalue weighted by atomic mass is 32.2.